The lowest BCUT2D eigenvalue weighted by molar-refractivity contribution is -0.117. The van der Waals surface area contributed by atoms with Crippen LogP contribution in [-0.2, 0) is 10.5 Å². The van der Waals surface area contributed by atoms with Crippen molar-refractivity contribution in [2.45, 2.75) is 16.1 Å². The van der Waals surface area contributed by atoms with Crippen molar-refractivity contribution in [3.8, 4) is 11.5 Å². The Morgan fingerprint density at radius 3 is 2.68 bits per heavy atom. The van der Waals surface area contributed by atoms with Crippen LogP contribution in [0.25, 0.3) is 0 Å². The molecule has 1 aliphatic rings. The van der Waals surface area contributed by atoms with Gasteiger partial charge in [-0.2, -0.15) is 0 Å². The molecule has 0 radical (unpaired) electrons. The largest absolute Gasteiger partial charge is 0.504 e. The summed E-state index contributed by atoms with van der Waals surface area (Å²) in [4.78, 5) is 28.4. The van der Waals surface area contributed by atoms with Gasteiger partial charge < -0.3 is 14.9 Å². The third-order valence-electron chi connectivity index (χ3n) is 5.69. The summed E-state index contributed by atoms with van der Waals surface area (Å²) in [5.74, 6) is -1.41. The predicted molar refractivity (Wildman–Crippen MR) is 149 cm³/mol. The number of carbonyl (C=O) groups excluding carboxylic acids is 2. The number of aliphatic hydroxyl groups excluding tert-OH is 1. The van der Waals surface area contributed by atoms with Crippen molar-refractivity contribution in [2.24, 2.45) is 0 Å². The summed E-state index contributed by atoms with van der Waals surface area (Å²) in [5, 5.41) is 32.4. The minimum absolute atomic E-state index is 0.0949. The van der Waals surface area contributed by atoms with Crippen LogP contribution >= 0.6 is 57.6 Å². The number of halogens is 2. The molecule has 2 aromatic carbocycles. The van der Waals surface area contributed by atoms with E-state index in [-0.39, 0.29) is 22.2 Å². The van der Waals surface area contributed by atoms with Crippen molar-refractivity contribution >= 4 is 74.5 Å². The third kappa shape index (κ3) is 4.99. The molecule has 1 aliphatic heterocycles. The standard InChI is InChI=1S/C25H17Cl2N3O5S3/c1-35-17-9-12(5-7-16(17)31)20-19(21(32)18-3-2-8-36-18)22(33)23(34)30(20)24-28-29-25(38-24)37-11-13-4-6-14(26)10-15(13)27/h2-10,20,31,33H,11H2,1H3. The van der Waals surface area contributed by atoms with Crippen LogP contribution in [0.3, 0.4) is 0 Å². The van der Waals surface area contributed by atoms with Crippen molar-refractivity contribution in [3.05, 3.63) is 91.3 Å². The van der Waals surface area contributed by atoms with Crippen LogP contribution in [0.2, 0.25) is 10.0 Å². The number of rotatable bonds is 8. The number of hydrogen-bond acceptors (Lipinski definition) is 10. The number of aromatic nitrogens is 2. The molecule has 1 atom stereocenters. The molecule has 4 aromatic rings. The molecule has 1 amide bonds. The van der Waals surface area contributed by atoms with E-state index in [4.69, 9.17) is 27.9 Å². The van der Waals surface area contributed by atoms with Crippen LogP contribution in [-0.4, -0.2) is 39.2 Å². The number of methoxy groups -OCH3 is 1. The summed E-state index contributed by atoms with van der Waals surface area (Å²) in [5.41, 5.74) is 1.20. The molecule has 5 rings (SSSR count). The highest BCUT2D eigenvalue weighted by molar-refractivity contribution is 8.00. The number of ether oxygens (including phenoxy) is 1. The van der Waals surface area contributed by atoms with E-state index in [9.17, 15) is 19.8 Å². The van der Waals surface area contributed by atoms with Gasteiger partial charge in [0.25, 0.3) is 5.91 Å². The Hall–Kier alpha value is -3.09. The highest BCUT2D eigenvalue weighted by Gasteiger charge is 2.46. The first-order valence-corrected chi connectivity index (χ1v) is 14.3. The van der Waals surface area contributed by atoms with E-state index < -0.39 is 23.5 Å². The Bertz CT molecular complexity index is 1570. The number of thioether (sulfide) groups is 1. The summed E-state index contributed by atoms with van der Waals surface area (Å²) in [6.45, 7) is 0. The Morgan fingerprint density at radius 1 is 1.16 bits per heavy atom. The molecule has 0 aliphatic carbocycles. The van der Waals surface area contributed by atoms with Gasteiger partial charge in [-0.1, -0.05) is 64.5 Å². The van der Waals surface area contributed by atoms with Crippen molar-refractivity contribution in [1.29, 1.82) is 0 Å². The van der Waals surface area contributed by atoms with E-state index in [0.29, 0.717) is 30.6 Å². The van der Waals surface area contributed by atoms with Gasteiger partial charge in [0.05, 0.1) is 23.6 Å². The number of aliphatic hydroxyl groups is 1. The summed E-state index contributed by atoms with van der Waals surface area (Å²) in [6.07, 6.45) is 0. The second kappa shape index (κ2) is 11.0. The number of benzene rings is 2. The van der Waals surface area contributed by atoms with Crippen molar-refractivity contribution < 1.29 is 24.5 Å². The summed E-state index contributed by atoms with van der Waals surface area (Å²) < 4.78 is 5.79. The summed E-state index contributed by atoms with van der Waals surface area (Å²) in [7, 11) is 1.39. The maximum Gasteiger partial charge on any atom is 0.296 e. The first-order chi connectivity index (χ1) is 18.3. The Kier molecular flexibility index (Phi) is 7.64. The van der Waals surface area contributed by atoms with Gasteiger partial charge in [-0.25, -0.2) is 0 Å². The average molecular weight is 607 g/mol. The molecule has 1 unspecified atom stereocenters. The number of carbonyl (C=O) groups is 2. The van der Waals surface area contributed by atoms with Gasteiger partial charge in [0, 0.05) is 15.8 Å². The maximum absolute atomic E-state index is 13.4. The van der Waals surface area contributed by atoms with E-state index in [1.54, 1.807) is 35.7 Å². The number of Topliss-reactive ketones (excluding diaryl/α,β-unsaturated/α-hetero) is 1. The molecular weight excluding hydrogens is 589 g/mol. The van der Waals surface area contributed by atoms with Gasteiger partial charge in [-0.15, -0.1) is 21.5 Å². The lowest BCUT2D eigenvalue weighted by Crippen LogP contribution is -2.31. The average Bonchev–Trinajstić information content (AvgIpc) is 3.65. The van der Waals surface area contributed by atoms with Crippen molar-refractivity contribution in [2.75, 3.05) is 12.0 Å². The lowest BCUT2D eigenvalue weighted by atomic mass is 9.95. The number of ketones is 1. The van der Waals surface area contributed by atoms with Crippen molar-refractivity contribution in [3.63, 3.8) is 0 Å². The number of phenolic OH excluding ortho intramolecular Hbond substituents is 1. The van der Waals surface area contributed by atoms with E-state index in [1.807, 2.05) is 6.07 Å². The number of phenols is 1. The van der Waals surface area contributed by atoms with Gasteiger partial charge in [0.15, 0.2) is 21.6 Å². The zero-order chi connectivity index (χ0) is 27.0. The fraction of sp³-hybridized carbons (Fsp3) is 0.120. The van der Waals surface area contributed by atoms with Gasteiger partial charge in [0.1, 0.15) is 0 Å². The molecule has 13 heteroatoms. The maximum atomic E-state index is 13.4. The summed E-state index contributed by atoms with van der Waals surface area (Å²) >= 11 is 16.0. The zero-order valence-corrected chi connectivity index (χ0v) is 23.4. The second-order valence-electron chi connectivity index (χ2n) is 7.95. The fourth-order valence-corrected chi connectivity index (χ4v) is 7.00. The van der Waals surface area contributed by atoms with Crippen LogP contribution < -0.4 is 9.64 Å². The Labute approximate surface area is 239 Å². The number of thiophene rings is 1. The number of aromatic hydroxyl groups is 1. The van der Waals surface area contributed by atoms with Crippen LogP contribution in [0.1, 0.15) is 26.8 Å². The molecule has 8 nitrogen and oxygen atoms in total. The van der Waals surface area contributed by atoms with Crippen LogP contribution in [0.15, 0.2) is 69.6 Å². The quantitative estimate of drug-likeness (QED) is 0.130. The van der Waals surface area contributed by atoms with E-state index in [0.717, 1.165) is 16.9 Å². The van der Waals surface area contributed by atoms with Gasteiger partial charge in [-0.3, -0.25) is 14.5 Å². The molecule has 0 fully saturated rings. The minimum Gasteiger partial charge on any atom is -0.504 e. The minimum atomic E-state index is -1.02. The molecule has 2 aromatic heterocycles. The second-order valence-corrected chi connectivity index (χ2v) is 11.9. The molecule has 0 saturated carbocycles. The number of nitrogens with zero attached hydrogens (tertiary/aromatic N) is 3. The monoisotopic (exact) mass is 605 g/mol. The molecule has 0 spiro atoms. The SMILES string of the molecule is COc1cc(C2C(C(=O)c3cccs3)=C(O)C(=O)N2c2nnc(SCc3ccc(Cl)cc3Cl)s2)ccc1O. The van der Waals surface area contributed by atoms with Gasteiger partial charge in [0.2, 0.25) is 10.9 Å². The highest BCUT2D eigenvalue weighted by atomic mass is 35.5. The lowest BCUT2D eigenvalue weighted by Gasteiger charge is -2.24. The number of hydrogen-bond donors (Lipinski definition) is 2. The Morgan fingerprint density at radius 2 is 1.97 bits per heavy atom. The first-order valence-electron chi connectivity index (χ1n) is 10.9. The summed E-state index contributed by atoms with van der Waals surface area (Å²) in [6, 6.07) is 12.0. The van der Waals surface area contributed by atoms with Crippen LogP contribution in [0, 0.1) is 0 Å². The zero-order valence-electron chi connectivity index (χ0n) is 19.4. The third-order valence-corrected chi connectivity index (χ3v) is 9.25. The number of anilines is 1. The van der Waals surface area contributed by atoms with E-state index >= 15 is 0 Å². The van der Waals surface area contributed by atoms with Crippen molar-refractivity contribution in [1.82, 2.24) is 10.2 Å². The topological polar surface area (TPSA) is 113 Å². The molecule has 38 heavy (non-hydrogen) atoms. The smallest absolute Gasteiger partial charge is 0.296 e. The molecule has 2 N–H and O–H groups in total. The van der Waals surface area contributed by atoms with Crippen LogP contribution in [0.4, 0.5) is 5.13 Å². The van der Waals surface area contributed by atoms with Crippen LogP contribution in [0.5, 0.6) is 11.5 Å². The van der Waals surface area contributed by atoms with E-state index in [1.165, 1.54) is 47.2 Å². The van der Waals surface area contributed by atoms with E-state index in [2.05, 4.69) is 10.2 Å². The first kappa shape index (κ1) is 26.5. The highest BCUT2D eigenvalue weighted by Crippen LogP contribution is 2.45. The van der Waals surface area contributed by atoms with Gasteiger partial charge in [-0.05, 0) is 46.8 Å². The molecular formula is C25H17Cl2N3O5S3. The number of amides is 1. The molecule has 0 saturated heterocycles. The van der Waals surface area contributed by atoms with Gasteiger partial charge >= 0.3 is 0 Å². The Balaban J connectivity index is 1.51. The fourth-order valence-electron chi connectivity index (χ4n) is 3.89. The normalized spacial score (nSPS) is 15.4. The molecule has 3 heterocycles. The molecule has 0 bridgehead atoms. The predicted octanol–water partition coefficient (Wildman–Crippen LogP) is 6.70. The molecule has 194 valence electrons.